The molecule has 3 aliphatic rings. The van der Waals surface area contributed by atoms with Gasteiger partial charge in [0.1, 0.15) is 5.60 Å². The molecule has 1 spiro atoms. The molecule has 130 valence electrons. The maximum atomic E-state index is 6.03. The number of ether oxygens (including phenoxy) is 3. The zero-order chi connectivity index (χ0) is 16.4. The predicted molar refractivity (Wildman–Crippen MR) is 90.8 cm³/mol. The van der Waals surface area contributed by atoms with Crippen LogP contribution in [0.4, 0.5) is 0 Å². The maximum Gasteiger partial charge on any atom is 0.161 e. The first kappa shape index (κ1) is 15.8. The molecule has 1 atom stereocenters. The quantitative estimate of drug-likeness (QED) is 0.831. The Balaban J connectivity index is 1.55. The number of hydrogen-bond acceptors (Lipinski definition) is 5. The second-order valence-electron chi connectivity index (χ2n) is 6.89. The first-order valence-corrected chi connectivity index (χ1v) is 8.93. The zero-order valence-corrected chi connectivity index (χ0v) is 14.2. The second kappa shape index (κ2) is 6.65. The summed E-state index contributed by atoms with van der Waals surface area (Å²) in [5.41, 5.74) is 4.76. The molecule has 1 aromatic rings. The van der Waals surface area contributed by atoms with Gasteiger partial charge in [-0.3, -0.25) is 10.3 Å². The molecule has 1 N–H and O–H groups in total. The molecule has 4 rings (SSSR count). The molecular formula is C19H25NO4. The summed E-state index contributed by atoms with van der Waals surface area (Å²) in [6, 6.07) is 6.09. The van der Waals surface area contributed by atoms with E-state index in [1.807, 2.05) is 18.2 Å². The highest BCUT2D eigenvalue weighted by Crippen LogP contribution is 2.37. The molecule has 0 bridgehead atoms. The molecule has 0 amide bonds. The monoisotopic (exact) mass is 331 g/mol. The number of nitrogens with one attached hydrogen (secondary N) is 1. The lowest BCUT2D eigenvalue weighted by Crippen LogP contribution is -2.29. The van der Waals surface area contributed by atoms with Crippen LogP contribution in [0, 0.1) is 5.92 Å². The van der Waals surface area contributed by atoms with Gasteiger partial charge in [0.15, 0.2) is 11.5 Å². The van der Waals surface area contributed by atoms with Crippen LogP contribution in [0.15, 0.2) is 24.3 Å². The first-order chi connectivity index (χ1) is 11.8. The number of hydrogen-bond donors (Lipinski definition) is 1. The third-order valence-electron chi connectivity index (χ3n) is 4.68. The van der Waals surface area contributed by atoms with Crippen molar-refractivity contribution in [2.75, 3.05) is 26.4 Å². The van der Waals surface area contributed by atoms with E-state index in [1.54, 1.807) is 0 Å². The van der Waals surface area contributed by atoms with Crippen LogP contribution in [0.5, 0.6) is 11.5 Å². The summed E-state index contributed by atoms with van der Waals surface area (Å²) >= 11 is 0. The van der Waals surface area contributed by atoms with E-state index in [4.69, 9.17) is 19.0 Å². The Bertz CT molecular complexity index is 618. The van der Waals surface area contributed by atoms with Crippen LogP contribution in [0.1, 0.15) is 38.2 Å². The van der Waals surface area contributed by atoms with Gasteiger partial charge < -0.3 is 14.2 Å². The molecule has 5 heteroatoms. The van der Waals surface area contributed by atoms with Crippen molar-refractivity contribution in [2.45, 2.75) is 38.2 Å². The largest absolute Gasteiger partial charge is 0.490 e. The van der Waals surface area contributed by atoms with Gasteiger partial charge in [-0.05, 0) is 49.5 Å². The summed E-state index contributed by atoms with van der Waals surface area (Å²) in [6.45, 7) is 4.92. The fourth-order valence-corrected chi connectivity index (χ4v) is 2.99. The Hall–Kier alpha value is -1.72. The molecule has 24 heavy (non-hydrogen) atoms. The molecule has 0 aromatic heterocycles. The summed E-state index contributed by atoms with van der Waals surface area (Å²) in [5.74, 6) is 2.34. The van der Waals surface area contributed by atoms with Crippen molar-refractivity contribution in [2.24, 2.45) is 5.92 Å². The minimum atomic E-state index is -0.318. The van der Waals surface area contributed by atoms with E-state index in [9.17, 15) is 0 Å². The summed E-state index contributed by atoms with van der Waals surface area (Å²) < 4.78 is 17.3. The Morgan fingerprint density at radius 1 is 1.25 bits per heavy atom. The van der Waals surface area contributed by atoms with E-state index < -0.39 is 0 Å². The fraction of sp³-hybridized carbons (Fsp3) is 0.579. The Kier molecular flexibility index (Phi) is 4.37. The highest BCUT2D eigenvalue weighted by Gasteiger charge is 2.39. The van der Waals surface area contributed by atoms with Crippen molar-refractivity contribution in [3.05, 3.63) is 29.8 Å². The van der Waals surface area contributed by atoms with E-state index in [0.717, 1.165) is 48.8 Å². The van der Waals surface area contributed by atoms with Crippen molar-refractivity contribution in [3.63, 3.8) is 0 Å². The average Bonchev–Trinajstić information content (AvgIpc) is 3.18. The third-order valence-corrected chi connectivity index (χ3v) is 4.68. The molecule has 0 radical (unpaired) electrons. The maximum absolute atomic E-state index is 6.03. The molecule has 1 unspecified atom stereocenters. The third kappa shape index (κ3) is 3.37. The highest BCUT2D eigenvalue weighted by molar-refractivity contribution is 5.68. The lowest BCUT2D eigenvalue weighted by atomic mass is 10.0. The average molecular weight is 331 g/mol. The van der Waals surface area contributed by atoms with Gasteiger partial charge in [-0.15, -0.1) is 0 Å². The zero-order valence-electron chi connectivity index (χ0n) is 14.2. The lowest BCUT2D eigenvalue weighted by Gasteiger charge is -2.15. The molecular weight excluding hydrogens is 306 g/mol. The van der Waals surface area contributed by atoms with Crippen molar-refractivity contribution in [1.29, 1.82) is 0 Å². The van der Waals surface area contributed by atoms with Gasteiger partial charge in [0.2, 0.25) is 0 Å². The molecule has 2 fully saturated rings. The van der Waals surface area contributed by atoms with Crippen molar-refractivity contribution in [1.82, 2.24) is 5.48 Å². The van der Waals surface area contributed by atoms with Gasteiger partial charge in [-0.25, -0.2) is 0 Å². The minimum Gasteiger partial charge on any atom is -0.490 e. The Labute approximate surface area is 142 Å². The summed E-state index contributed by atoms with van der Waals surface area (Å²) in [5, 5.41) is 0. The van der Waals surface area contributed by atoms with Crippen LogP contribution in [0.2, 0.25) is 0 Å². The van der Waals surface area contributed by atoms with E-state index in [0.29, 0.717) is 19.1 Å². The van der Waals surface area contributed by atoms with Crippen molar-refractivity contribution in [3.8, 4) is 11.5 Å². The van der Waals surface area contributed by atoms with Crippen molar-refractivity contribution < 1.29 is 19.0 Å². The smallest absolute Gasteiger partial charge is 0.161 e. The van der Waals surface area contributed by atoms with Crippen LogP contribution in [-0.4, -0.2) is 32.0 Å². The molecule has 1 aliphatic carbocycles. The van der Waals surface area contributed by atoms with Gasteiger partial charge in [-0.2, -0.15) is 0 Å². The summed E-state index contributed by atoms with van der Waals surface area (Å²) in [7, 11) is 0. The van der Waals surface area contributed by atoms with Crippen LogP contribution < -0.4 is 15.0 Å². The number of hydroxylamine groups is 1. The normalized spacial score (nSPS) is 25.6. The molecule has 1 aromatic carbocycles. The van der Waals surface area contributed by atoms with Crippen LogP contribution >= 0.6 is 0 Å². The predicted octanol–water partition coefficient (Wildman–Crippen LogP) is 3.30. The lowest BCUT2D eigenvalue weighted by molar-refractivity contribution is -0.0373. The van der Waals surface area contributed by atoms with E-state index in [-0.39, 0.29) is 5.60 Å². The fourth-order valence-electron chi connectivity index (χ4n) is 2.99. The van der Waals surface area contributed by atoms with Crippen molar-refractivity contribution >= 4 is 5.70 Å². The van der Waals surface area contributed by atoms with Gasteiger partial charge >= 0.3 is 0 Å². The molecule has 2 aliphatic heterocycles. The molecule has 5 nitrogen and oxygen atoms in total. The molecule has 1 saturated carbocycles. The SMILES string of the molecule is CCCOc1ccc(C2=CC3(CCOC3)ON2)cc1OCC1CC1. The van der Waals surface area contributed by atoms with Crippen LogP contribution in [0.3, 0.4) is 0 Å². The number of benzene rings is 1. The summed E-state index contributed by atoms with van der Waals surface area (Å²) in [6.07, 6.45) is 6.54. The molecule has 2 heterocycles. The number of rotatable bonds is 7. The topological polar surface area (TPSA) is 49.0 Å². The van der Waals surface area contributed by atoms with Crippen LogP contribution in [0.25, 0.3) is 5.70 Å². The minimum absolute atomic E-state index is 0.318. The van der Waals surface area contributed by atoms with E-state index in [1.165, 1.54) is 12.8 Å². The highest BCUT2D eigenvalue weighted by atomic mass is 16.7. The van der Waals surface area contributed by atoms with Gasteiger partial charge in [0.05, 0.1) is 25.5 Å². The first-order valence-electron chi connectivity index (χ1n) is 8.93. The Morgan fingerprint density at radius 2 is 2.17 bits per heavy atom. The second-order valence-corrected chi connectivity index (χ2v) is 6.89. The van der Waals surface area contributed by atoms with E-state index >= 15 is 0 Å². The standard InChI is InChI=1S/C19H25NO4/c1-2-8-22-17-6-5-15(10-18(17)23-12-14-3-4-14)16-11-19(24-20-16)7-9-21-13-19/h5-6,10-11,14,20H,2-4,7-9,12-13H2,1H3. The van der Waals surface area contributed by atoms with Crippen LogP contribution in [-0.2, 0) is 9.57 Å². The van der Waals surface area contributed by atoms with E-state index in [2.05, 4.69) is 18.5 Å². The Morgan fingerprint density at radius 3 is 2.92 bits per heavy atom. The van der Waals surface area contributed by atoms with Gasteiger partial charge in [-0.1, -0.05) is 6.92 Å². The molecule has 1 saturated heterocycles. The summed E-state index contributed by atoms with van der Waals surface area (Å²) in [4.78, 5) is 5.77. The van der Waals surface area contributed by atoms with Gasteiger partial charge in [0, 0.05) is 18.6 Å². The van der Waals surface area contributed by atoms with Gasteiger partial charge in [0.25, 0.3) is 0 Å².